The van der Waals surface area contributed by atoms with Crippen molar-refractivity contribution in [1.82, 2.24) is 9.71 Å². The third-order valence-corrected chi connectivity index (χ3v) is 5.33. The molecule has 3 rings (SSSR count). The number of rotatable bonds is 6. The molecule has 3 aromatic rings. The Balaban J connectivity index is 1.81. The van der Waals surface area contributed by atoms with Crippen molar-refractivity contribution in [2.24, 2.45) is 0 Å². The fraction of sp³-hybridized carbons (Fsp3) is 0.150. The van der Waals surface area contributed by atoms with Crippen LogP contribution < -0.4 is 4.72 Å². The lowest BCUT2D eigenvalue weighted by atomic mass is 10.1. The molecule has 1 heterocycles. The van der Waals surface area contributed by atoms with E-state index < -0.39 is 21.9 Å². The van der Waals surface area contributed by atoms with Gasteiger partial charge in [0.15, 0.2) is 0 Å². The third-order valence-electron chi connectivity index (χ3n) is 3.94. The van der Waals surface area contributed by atoms with Crippen molar-refractivity contribution < 1.29 is 22.7 Å². The topological polar surface area (TPSA) is 102 Å². The van der Waals surface area contributed by atoms with E-state index in [-0.39, 0.29) is 22.8 Å². The molecule has 0 fully saturated rings. The number of nitrogens with one attached hydrogen (secondary N) is 1. The van der Waals surface area contributed by atoms with Gasteiger partial charge in [0.25, 0.3) is 15.9 Å². The standard InChI is InChI=1S/C20H18N2O5S/c1-2-12-27-20(24)17-11-10-15(13-21-17)19(23)22-28(25,26)18-9-5-7-14-6-3-4-8-16(14)18/h3-11,13H,2,12H2,1H3,(H,22,23). The normalized spacial score (nSPS) is 11.2. The van der Waals surface area contributed by atoms with Crippen LogP contribution in [0.5, 0.6) is 0 Å². The summed E-state index contributed by atoms with van der Waals surface area (Å²) in [6, 6.07) is 14.5. The molecule has 0 saturated heterocycles. The molecule has 0 aliphatic carbocycles. The molecule has 2 aromatic carbocycles. The van der Waals surface area contributed by atoms with Gasteiger partial charge >= 0.3 is 5.97 Å². The number of benzene rings is 2. The van der Waals surface area contributed by atoms with Crippen molar-refractivity contribution in [3.63, 3.8) is 0 Å². The lowest BCUT2D eigenvalue weighted by Crippen LogP contribution is -2.30. The zero-order valence-corrected chi connectivity index (χ0v) is 15.9. The van der Waals surface area contributed by atoms with Crippen LogP contribution in [0.1, 0.15) is 34.2 Å². The Bertz CT molecular complexity index is 1120. The van der Waals surface area contributed by atoms with Gasteiger partial charge in [-0.2, -0.15) is 0 Å². The predicted octanol–water partition coefficient (Wildman–Crippen LogP) is 2.92. The summed E-state index contributed by atoms with van der Waals surface area (Å²) in [4.78, 5) is 28.0. The third kappa shape index (κ3) is 4.17. The highest BCUT2D eigenvalue weighted by Crippen LogP contribution is 2.22. The van der Waals surface area contributed by atoms with E-state index in [9.17, 15) is 18.0 Å². The van der Waals surface area contributed by atoms with Crippen LogP contribution in [0.25, 0.3) is 10.8 Å². The number of carbonyl (C=O) groups is 2. The lowest BCUT2D eigenvalue weighted by Gasteiger charge is -2.10. The Morgan fingerprint density at radius 2 is 1.79 bits per heavy atom. The molecule has 0 spiro atoms. The average molecular weight is 398 g/mol. The maximum Gasteiger partial charge on any atom is 0.356 e. The minimum Gasteiger partial charge on any atom is -0.461 e. The summed E-state index contributed by atoms with van der Waals surface area (Å²) in [7, 11) is -4.09. The van der Waals surface area contributed by atoms with Gasteiger partial charge in [0.05, 0.1) is 17.1 Å². The van der Waals surface area contributed by atoms with Crippen LogP contribution in [0.3, 0.4) is 0 Å². The fourth-order valence-corrected chi connectivity index (χ4v) is 3.79. The predicted molar refractivity (Wildman–Crippen MR) is 103 cm³/mol. The number of hydrogen-bond acceptors (Lipinski definition) is 6. The first-order valence-corrected chi connectivity index (χ1v) is 10.1. The lowest BCUT2D eigenvalue weighted by molar-refractivity contribution is 0.0497. The summed E-state index contributed by atoms with van der Waals surface area (Å²) in [6.45, 7) is 2.14. The molecular weight excluding hydrogens is 380 g/mol. The van der Waals surface area contributed by atoms with Crippen LogP contribution in [0, 0.1) is 0 Å². The zero-order chi connectivity index (χ0) is 20.1. The molecule has 0 atom stereocenters. The smallest absolute Gasteiger partial charge is 0.356 e. The van der Waals surface area contributed by atoms with Crippen LogP contribution in [0.4, 0.5) is 0 Å². The summed E-state index contributed by atoms with van der Waals surface area (Å²) in [6.07, 6.45) is 1.81. The van der Waals surface area contributed by atoms with Gasteiger partial charge in [0.1, 0.15) is 5.69 Å². The number of carbonyl (C=O) groups excluding carboxylic acids is 2. The second kappa shape index (κ2) is 8.18. The second-order valence-electron chi connectivity index (χ2n) is 5.98. The first-order valence-electron chi connectivity index (χ1n) is 8.60. The molecule has 28 heavy (non-hydrogen) atoms. The van der Waals surface area contributed by atoms with E-state index in [0.717, 1.165) is 11.6 Å². The number of fused-ring (bicyclic) bond motifs is 1. The Labute approximate surface area is 162 Å². The molecule has 0 bridgehead atoms. The van der Waals surface area contributed by atoms with E-state index >= 15 is 0 Å². The summed E-state index contributed by atoms with van der Waals surface area (Å²) in [5.41, 5.74) is 0.0535. The van der Waals surface area contributed by atoms with Crippen molar-refractivity contribution in [3.8, 4) is 0 Å². The van der Waals surface area contributed by atoms with Gasteiger partial charge in [-0.1, -0.05) is 43.3 Å². The first-order chi connectivity index (χ1) is 13.4. The average Bonchev–Trinajstić information content (AvgIpc) is 2.71. The van der Waals surface area contributed by atoms with Gasteiger partial charge in [0, 0.05) is 11.6 Å². The minimum absolute atomic E-state index is 0.00618. The van der Waals surface area contributed by atoms with E-state index in [0.29, 0.717) is 11.8 Å². The Hall–Kier alpha value is -3.26. The summed E-state index contributed by atoms with van der Waals surface area (Å²) >= 11 is 0. The summed E-state index contributed by atoms with van der Waals surface area (Å²) in [5.74, 6) is -1.44. The van der Waals surface area contributed by atoms with Crippen LogP contribution in [0.2, 0.25) is 0 Å². The molecule has 0 unspecified atom stereocenters. The van der Waals surface area contributed by atoms with Gasteiger partial charge in [-0.3, -0.25) is 4.79 Å². The van der Waals surface area contributed by atoms with E-state index in [1.54, 1.807) is 36.4 Å². The molecule has 8 heteroatoms. The zero-order valence-electron chi connectivity index (χ0n) is 15.1. The van der Waals surface area contributed by atoms with Gasteiger partial charge < -0.3 is 4.74 Å². The molecule has 0 aliphatic rings. The number of nitrogens with zero attached hydrogens (tertiary/aromatic N) is 1. The van der Waals surface area contributed by atoms with Gasteiger partial charge in [-0.15, -0.1) is 0 Å². The monoisotopic (exact) mass is 398 g/mol. The number of esters is 1. The van der Waals surface area contributed by atoms with Crippen LogP contribution >= 0.6 is 0 Å². The highest BCUT2D eigenvalue weighted by Gasteiger charge is 2.21. The Kier molecular flexibility index (Phi) is 5.70. The SMILES string of the molecule is CCCOC(=O)c1ccc(C(=O)NS(=O)(=O)c2cccc3ccccc23)cn1. The van der Waals surface area contributed by atoms with Gasteiger partial charge in [-0.05, 0) is 30.0 Å². The minimum atomic E-state index is -4.09. The van der Waals surface area contributed by atoms with Crippen LogP contribution in [-0.4, -0.2) is 31.9 Å². The van der Waals surface area contributed by atoms with Gasteiger partial charge in [0.2, 0.25) is 0 Å². The maximum atomic E-state index is 12.7. The molecule has 1 amide bonds. The number of hydrogen-bond donors (Lipinski definition) is 1. The number of aromatic nitrogens is 1. The number of pyridine rings is 1. The summed E-state index contributed by atoms with van der Waals surface area (Å²) in [5, 5.41) is 1.26. The Morgan fingerprint density at radius 3 is 2.50 bits per heavy atom. The molecule has 1 aromatic heterocycles. The summed E-state index contributed by atoms with van der Waals surface area (Å²) < 4.78 is 32.4. The van der Waals surface area contributed by atoms with Crippen LogP contribution in [-0.2, 0) is 14.8 Å². The van der Waals surface area contributed by atoms with E-state index in [1.807, 2.05) is 11.6 Å². The number of sulfonamides is 1. The van der Waals surface area contributed by atoms with Crippen molar-refractivity contribution in [1.29, 1.82) is 0 Å². The molecule has 0 radical (unpaired) electrons. The number of amides is 1. The highest BCUT2D eigenvalue weighted by molar-refractivity contribution is 7.90. The molecule has 1 N–H and O–H groups in total. The quantitative estimate of drug-likeness (QED) is 0.641. The molecule has 144 valence electrons. The molecule has 0 saturated carbocycles. The van der Waals surface area contributed by atoms with E-state index in [2.05, 4.69) is 4.98 Å². The van der Waals surface area contributed by atoms with E-state index in [4.69, 9.17) is 4.74 Å². The maximum absolute atomic E-state index is 12.7. The molecular formula is C20H18N2O5S. The highest BCUT2D eigenvalue weighted by atomic mass is 32.2. The van der Waals surface area contributed by atoms with Crippen molar-refractivity contribution >= 4 is 32.7 Å². The van der Waals surface area contributed by atoms with Crippen molar-refractivity contribution in [2.75, 3.05) is 6.61 Å². The van der Waals surface area contributed by atoms with Crippen molar-refractivity contribution in [2.45, 2.75) is 18.2 Å². The Morgan fingerprint density at radius 1 is 1.04 bits per heavy atom. The van der Waals surface area contributed by atoms with Crippen molar-refractivity contribution in [3.05, 3.63) is 72.1 Å². The first kappa shape index (κ1) is 19.5. The largest absolute Gasteiger partial charge is 0.461 e. The van der Waals surface area contributed by atoms with Crippen LogP contribution in [0.15, 0.2) is 65.7 Å². The molecule has 7 nitrogen and oxygen atoms in total. The van der Waals surface area contributed by atoms with Gasteiger partial charge in [-0.25, -0.2) is 22.9 Å². The molecule has 0 aliphatic heterocycles. The second-order valence-corrected chi connectivity index (χ2v) is 7.63. The number of ether oxygens (including phenoxy) is 1. The fourth-order valence-electron chi connectivity index (χ4n) is 2.58. The van der Waals surface area contributed by atoms with E-state index in [1.165, 1.54) is 18.2 Å².